The zero-order chi connectivity index (χ0) is 12.3. The lowest BCUT2D eigenvalue weighted by Crippen LogP contribution is -2.26. The Balaban J connectivity index is 1.93. The van der Waals surface area contributed by atoms with Gasteiger partial charge in [0, 0.05) is 16.7 Å². The second kappa shape index (κ2) is 5.80. The summed E-state index contributed by atoms with van der Waals surface area (Å²) in [5, 5.41) is 3.21. The molecule has 1 fully saturated rings. The lowest BCUT2D eigenvalue weighted by Gasteiger charge is -2.28. The molecule has 0 saturated heterocycles. The van der Waals surface area contributed by atoms with Crippen LogP contribution < -0.4 is 5.32 Å². The van der Waals surface area contributed by atoms with Crippen LogP contribution in [0, 0.1) is 11.7 Å². The van der Waals surface area contributed by atoms with Gasteiger partial charge in [-0.15, -0.1) is 0 Å². The van der Waals surface area contributed by atoms with Gasteiger partial charge in [-0.05, 0) is 53.6 Å². The van der Waals surface area contributed by atoms with Crippen LogP contribution in [0.15, 0.2) is 16.7 Å². The molecule has 2 nitrogen and oxygen atoms in total. The minimum absolute atomic E-state index is 0.281. The summed E-state index contributed by atoms with van der Waals surface area (Å²) >= 11 is 3.21. The van der Waals surface area contributed by atoms with E-state index in [0.717, 1.165) is 18.8 Å². The Labute approximate surface area is 110 Å². The maximum atomic E-state index is 13.6. The van der Waals surface area contributed by atoms with Crippen LogP contribution in [0.3, 0.4) is 0 Å². The molecule has 1 aromatic rings. The molecule has 1 aliphatic carbocycles. The quantitative estimate of drug-likeness (QED) is 0.897. The number of pyridine rings is 1. The second-order valence-corrected chi connectivity index (χ2v) is 5.67. The van der Waals surface area contributed by atoms with Gasteiger partial charge in [-0.2, -0.15) is 0 Å². The fraction of sp³-hybridized carbons (Fsp3) is 0.615. The van der Waals surface area contributed by atoms with E-state index in [1.807, 2.05) is 0 Å². The van der Waals surface area contributed by atoms with Crippen molar-refractivity contribution in [2.24, 2.45) is 5.92 Å². The Morgan fingerprint density at radius 1 is 1.41 bits per heavy atom. The van der Waals surface area contributed by atoms with Gasteiger partial charge in [0.05, 0.1) is 0 Å². The number of hydrogen-bond donors (Lipinski definition) is 1. The van der Waals surface area contributed by atoms with Gasteiger partial charge in [0.2, 0.25) is 0 Å². The second-order valence-electron chi connectivity index (χ2n) is 4.75. The maximum Gasteiger partial charge on any atom is 0.166 e. The van der Waals surface area contributed by atoms with Crippen molar-refractivity contribution in [3.63, 3.8) is 0 Å². The number of nitrogens with one attached hydrogen (secondary N) is 1. The van der Waals surface area contributed by atoms with E-state index >= 15 is 0 Å². The number of anilines is 1. The molecule has 1 aliphatic rings. The van der Waals surface area contributed by atoms with Crippen LogP contribution in [-0.4, -0.2) is 11.0 Å². The SMILES string of the molecule is CCC1CCC(Nc2ncc(Br)cc2F)CC1. The van der Waals surface area contributed by atoms with Crippen LogP contribution in [-0.2, 0) is 0 Å². The average Bonchev–Trinajstić information content (AvgIpc) is 2.34. The molecule has 0 radical (unpaired) electrons. The molecule has 17 heavy (non-hydrogen) atoms. The third-order valence-electron chi connectivity index (χ3n) is 3.57. The van der Waals surface area contributed by atoms with Gasteiger partial charge in [0.25, 0.3) is 0 Å². The fourth-order valence-corrected chi connectivity index (χ4v) is 2.73. The number of rotatable bonds is 3. The van der Waals surface area contributed by atoms with Crippen LogP contribution >= 0.6 is 15.9 Å². The zero-order valence-electron chi connectivity index (χ0n) is 10.0. The van der Waals surface area contributed by atoms with Crippen LogP contribution in [0.2, 0.25) is 0 Å². The molecule has 94 valence electrons. The van der Waals surface area contributed by atoms with Gasteiger partial charge in [0.1, 0.15) is 0 Å². The van der Waals surface area contributed by atoms with Crippen molar-refractivity contribution in [3.8, 4) is 0 Å². The molecule has 0 aromatic carbocycles. The molecule has 1 N–H and O–H groups in total. The average molecular weight is 301 g/mol. The summed E-state index contributed by atoms with van der Waals surface area (Å²) < 4.78 is 14.3. The summed E-state index contributed by atoms with van der Waals surface area (Å²) in [6, 6.07) is 1.83. The largest absolute Gasteiger partial charge is 0.365 e. The first-order valence-corrected chi connectivity index (χ1v) is 7.06. The molecule has 0 aliphatic heterocycles. The maximum absolute atomic E-state index is 13.6. The molecule has 0 atom stereocenters. The molecule has 1 aromatic heterocycles. The summed E-state index contributed by atoms with van der Waals surface area (Å²) in [6.45, 7) is 2.24. The highest BCUT2D eigenvalue weighted by Gasteiger charge is 2.20. The fourth-order valence-electron chi connectivity index (χ4n) is 2.43. The van der Waals surface area contributed by atoms with Gasteiger partial charge in [-0.25, -0.2) is 9.37 Å². The number of aromatic nitrogens is 1. The Kier molecular flexibility index (Phi) is 4.37. The molecule has 0 spiro atoms. The molecule has 0 amide bonds. The number of hydrogen-bond acceptors (Lipinski definition) is 2. The first-order valence-electron chi connectivity index (χ1n) is 6.26. The van der Waals surface area contributed by atoms with E-state index in [-0.39, 0.29) is 5.82 Å². The van der Waals surface area contributed by atoms with Crippen LogP contribution in [0.4, 0.5) is 10.2 Å². The standard InChI is InChI=1S/C13H18BrFN2/c1-2-9-3-5-11(6-4-9)17-13-12(15)7-10(14)8-16-13/h7-9,11H,2-6H2,1H3,(H,16,17). The van der Waals surface area contributed by atoms with E-state index in [1.165, 1.54) is 25.3 Å². The normalized spacial score (nSPS) is 24.6. The molecular weight excluding hydrogens is 283 g/mol. The highest BCUT2D eigenvalue weighted by Crippen LogP contribution is 2.28. The summed E-state index contributed by atoms with van der Waals surface area (Å²) in [5.41, 5.74) is 0. The molecule has 0 unspecified atom stereocenters. The van der Waals surface area contributed by atoms with Crippen molar-refractivity contribution in [2.45, 2.75) is 45.1 Å². The minimum atomic E-state index is -0.281. The summed E-state index contributed by atoms with van der Waals surface area (Å²) in [6.07, 6.45) is 7.62. The Morgan fingerprint density at radius 3 is 2.71 bits per heavy atom. The van der Waals surface area contributed by atoms with Crippen molar-refractivity contribution in [1.82, 2.24) is 4.98 Å². The van der Waals surface area contributed by atoms with Crippen molar-refractivity contribution >= 4 is 21.7 Å². The van der Waals surface area contributed by atoms with Crippen LogP contribution in [0.25, 0.3) is 0 Å². The van der Waals surface area contributed by atoms with Crippen molar-refractivity contribution in [2.75, 3.05) is 5.32 Å². The zero-order valence-corrected chi connectivity index (χ0v) is 11.6. The monoisotopic (exact) mass is 300 g/mol. The Morgan fingerprint density at radius 2 is 2.12 bits per heavy atom. The van der Waals surface area contributed by atoms with Gasteiger partial charge in [-0.1, -0.05) is 13.3 Å². The molecule has 1 heterocycles. The first-order chi connectivity index (χ1) is 8.19. The Bertz CT molecular complexity index is 376. The van der Waals surface area contributed by atoms with E-state index in [4.69, 9.17) is 0 Å². The predicted molar refractivity (Wildman–Crippen MR) is 71.6 cm³/mol. The lowest BCUT2D eigenvalue weighted by molar-refractivity contribution is 0.329. The van der Waals surface area contributed by atoms with Gasteiger partial charge in [-0.3, -0.25) is 0 Å². The summed E-state index contributed by atoms with van der Waals surface area (Å²) in [5.74, 6) is 0.959. The van der Waals surface area contributed by atoms with E-state index in [1.54, 1.807) is 6.20 Å². The molecule has 0 bridgehead atoms. The number of halogens is 2. The predicted octanol–water partition coefficient (Wildman–Crippen LogP) is 4.36. The highest BCUT2D eigenvalue weighted by atomic mass is 79.9. The minimum Gasteiger partial charge on any atom is -0.365 e. The highest BCUT2D eigenvalue weighted by molar-refractivity contribution is 9.10. The molecule has 2 rings (SSSR count). The summed E-state index contributed by atoms with van der Waals surface area (Å²) in [4.78, 5) is 4.08. The number of nitrogens with zero attached hydrogens (tertiary/aromatic N) is 1. The molecule has 4 heteroatoms. The molecular formula is C13H18BrFN2. The van der Waals surface area contributed by atoms with E-state index in [2.05, 4.69) is 33.2 Å². The first kappa shape index (κ1) is 12.8. The van der Waals surface area contributed by atoms with Gasteiger partial charge < -0.3 is 5.32 Å². The van der Waals surface area contributed by atoms with Crippen molar-refractivity contribution in [3.05, 3.63) is 22.6 Å². The smallest absolute Gasteiger partial charge is 0.166 e. The third kappa shape index (κ3) is 3.41. The summed E-state index contributed by atoms with van der Waals surface area (Å²) in [7, 11) is 0. The lowest BCUT2D eigenvalue weighted by atomic mass is 9.84. The topological polar surface area (TPSA) is 24.9 Å². The molecule has 1 saturated carbocycles. The van der Waals surface area contributed by atoms with Crippen molar-refractivity contribution in [1.29, 1.82) is 0 Å². The van der Waals surface area contributed by atoms with Gasteiger partial charge >= 0.3 is 0 Å². The van der Waals surface area contributed by atoms with E-state index < -0.39 is 0 Å². The van der Waals surface area contributed by atoms with Gasteiger partial charge in [0.15, 0.2) is 11.6 Å². The van der Waals surface area contributed by atoms with Crippen LogP contribution in [0.1, 0.15) is 39.0 Å². The third-order valence-corrected chi connectivity index (χ3v) is 4.01. The van der Waals surface area contributed by atoms with E-state index in [0.29, 0.717) is 16.3 Å². The van der Waals surface area contributed by atoms with Crippen LogP contribution in [0.5, 0.6) is 0 Å². The van der Waals surface area contributed by atoms with E-state index in [9.17, 15) is 4.39 Å². The van der Waals surface area contributed by atoms with Crippen molar-refractivity contribution < 1.29 is 4.39 Å². The Hall–Kier alpha value is -0.640.